The van der Waals surface area contributed by atoms with E-state index in [9.17, 15) is 0 Å². The van der Waals surface area contributed by atoms with Crippen molar-refractivity contribution in [3.8, 4) is 0 Å². The van der Waals surface area contributed by atoms with E-state index >= 15 is 0 Å². The molecule has 0 aromatic rings. The van der Waals surface area contributed by atoms with Gasteiger partial charge in [0.15, 0.2) is 0 Å². The third-order valence-corrected chi connectivity index (χ3v) is 10.6. The van der Waals surface area contributed by atoms with Gasteiger partial charge in [0.1, 0.15) is 0 Å². The first-order valence-electron chi connectivity index (χ1n) is 12.9. The van der Waals surface area contributed by atoms with Crippen LogP contribution < -0.4 is 0 Å². The van der Waals surface area contributed by atoms with Gasteiger partial charge in [-0.1, -0.05) is 79.4 Å². The zero-order chi connectivity index (χ0) is 20.1. The maximum atomic E-state index is 2.75. The first kappa shape index (κ1) is 21.0. The summed E-state index contributed by atoms with van der Waals surface area (Å²) in [5.41, 5.74) is 1.22. The van der Waals surface area contributed by atoms with Crippen molar-refractivity contribution in [2.24, 2.45) is 58.2 Å². The van der Waals surface area contributed by atoms with Crippen LogP contribution >= 0.6 is 0 Å². The average Bonchev–Trinajstić information content (AvgIpc) is 2.99. The molecule has 28 heavy (non-hydrogen) atoms. The van der Waals surface area contributed by atoms with E-state index in [0.717, 1.165) is 47.3 Å². The van der Waals surface area contributed by atoms with E-state index < -0.39 is 0 Å². The molecular weight excluding hydrogens is 336 g/mol. The Hall–Kier alpha value is -0.260. The van der Waals surface area contributed by atoms with E-state index in [-0.39, 0.29) is 0 Å². The Morgan fingerprint density at radius 2 is 1.57 bits per heavy atom. The smallest absolute Gasteiger partial charge is 0.0166 e. The lowest BCUT2D eigenvalue weighted by Crippen LogP contribution is -2.51. The zero-order valence-electron chi connectivity index (χ0n) is 19.8. The van der Waals surface area contributed by atoms with Gasteiger partial charge in [0.2, 0.25) is 0 Å². The van der Waals surface area contributed by atoms with Crippen LogP contribution in [0.1, 0.15) is 106 Å². The number of hydrogen-bond acceptors (Lipinski definition) is 0. The highest BCUT2D eigenvalue weighted by atomic mass is 14.6. The van der Waals surface area contributed by atoms with Crippen LogP contribution in [0.4, 0.5) is 0 Å². The fraction of sp³-hybridized carbons (Fsp3) is 0.929. The molecule has 3 saturated carbocycles. The van der Waals surface area contributed by atoms with Crippen molar-refractivity contribution >= 4 is 0 Å². The predicted molar refractivity (Wildman–Crippen MR) is 122 cm³/mol. The molecule has 4 aliphatic rings. The molecule has 0 amide bonds. The second kappa shape index (κ2) is 7.77. The summed E-state index contributed by atoms with van der Waals surface area (Å²) in [6.07, 6.45) is 20.3. The van der Waals surface area contributed by atoms with Crippen LogP contribution in [-0.2, 0) is 0 Å². The van der Waals surface area contributed by atoms with Gasteiger partial charge in [0, 0.05) is 0 Å². The minimum Gasteiger partial charge on any atom is -0.0846 e. The summed E-state index contributed by atoms with van der Waals surface area (Å²) < 4.78 is 0. The second-order valence-electron chi connectivity index (χ2n) is 12.7. The molecule has 0 heterocycles. The maximum Gasteiger partial charge on any atom is -0.0166 e. The van der Waals surface area contributed by atoms with Crippen LogP contribution in [0.3, 0.4) is 0 Å². The van der Waals surface area contributed by atoms with E-state index in [1.54, 1.807) is 0 Å². The molecule has 0 radical (unpaired) electrons. The van der Waals surface area contributed by atoms with Crippen molar-refractivity contribution in [2.75, 3.05) is 0 Å². The van der Waals surface area contributed by atoms with E-state index in [2.05, 4.69) is 53.7 Å². The monoisotopic (exact) mass is 384 g/mol. The lowest BCUT2D eigenvalue weighted by Gasteiger charge is -2.59. The molecule has 0 aromatic heterocycles. The quantitative estimate of drug-likeness (QED) is 0.417. The summed E-state index contributed by atoms with van der Waals surface area (Å²) in [6.45, 7) is 15.3. The molecule has 3 fully saturated rings. The van der Waals surface area contributed by atoms with Crippen molar-refractivity contribution in [1.29, 1.82) is 0 Å². The molecule has 0 heteroatoms. The van der Waals surface area contributed by atoms with Gasteiger partial charge in [-0.2, -0.15) is 0 Å². The van der Waals surface area contributed by atoms with Gasteiger partial charge in [0.05, 0.1) is 0 Å². The lowest BCUT2D eigenvalue weighted by atomic mass is 9.46. The van der Waals surface area contributed by atoms with Crippen molar-refractivity contribution in [1.82, 2.24) is 0 Å². The van der Waals surface area contributed by atoms with Gasteiger partial charge < -0.3 is 0 Å². The largest absolute Gasteiger partial charge is 0.0846 e. The molecule has 0 aromatic carbocycles. The molecule has 4 aliphatic carbocycles. The van der Waals surface area contributed by atoms with Crippen molar-refractivity contribution in [3.63, 3.8) is 0 Å². The van der Waals surface area contributed by atoms with Gasteiger partial charge in [-0.15, -0.1) is 0 Å². The Balaban J connectivity index is 1.49. The highest BCUT2D eigenvalue weighted by Gasteiger charge is 2.59. The number of allylic oxidation sites excluding steroid dienone is 2. The maximum absolute atomic E-state index is 2.75. The van der Waals surface area contributed by atoms with Crippen molar-refractivity contribution < 1.29 is 0 Å². The molecule has 0 spiro atoms. The van der Waals surface area contributed by atoms with Crippen LogP contribution in [0.5, 0.6) is 0 Å². The van der Waals surface area contributed by atoms with Crippen molar-refractivity contribution in [2.45, 2.75) is 106 Å². The van der Waals surface area contributed by atoms with Crippen LogP contribution in [0.15, 0.2) is 12.2 Å². The van der Waals surface area contributed by atoms with Crippen molar-refractivity contribution in [3.05, 3.63) is 12.2 Å². The van der Waals surface area contributed by atoms with Gasteiger partial charge in [-0.3, -0.25) is 0 Å². The highest BCUT2D eigenvalue weighted by molar-refractivity contribution is 5.18. The summed E-state index contributed by atoms with van der Waals surface area (Å²) in [5.74, 6) is 7.42. The van der Waals surface area contributed by atoms with E-state index in [0.29, 0.717) is 10.8 Å². The van der Waals surface area contributed by atoms with E-state index in [4.69, 9.17) is 0 Å². The normalized spacial score (nSPS) is 48.8. The molecule has 9 atom stereocenters. The fourth-order valence-corrected chi connectivity index (χ4v) is 8.84. The van der Waals surface area contributed by atoms with E-state index in [1.807, 2.05) is 0 Å². The van der Waals surface area contributed by atoms with Gasteiger partial charge in [0.25, 0.3) is 0 Å². The van der Waals surface area contributed by atoms with Crippen LogP contribution in [0, 0.1) is 58.2 Å². The standard InChI is InChI=1S/C28H48/c1-19(2)8-7-9-21(4)24-12-13-25-23-11-10-22-18-20(3)14-16-27(22,5)26(23)15-17-28(24,25)6/h10-11,19-26H,7-9,12-18H2,1-6H3/t20?,21-,22?,23?,24?,25?,26?,27?,28?/m1/s1. The summed E-state index contributed by atoms with van der Waals surface area (Å²) in [4.78, 5) is 0. The topological polar surface area (TPSA) is 0 Å². The van der Waals surface area contributed by atoms with Crippen LogP contribution in [-0.4, -0.2) is 0 Å². The molecular formula is C28H48. The molecule has 0 N–H and O–H groups in total. The van der Waals surface area contributed by atoms with E-state index in [1.165, 1.54) is 64.2 Å². The first-order chi connectivity index (χ1) is 13.3. The first-order valence-corrected chi connectivity index (χ1v) is 12.9. The molecule has 4 rings (SSSR count). The third-order valence-electron chi connectivity index (χ3n) is 10.6. The summed E-state index contributed by atoms with van der Waals surface area (Å²) >= 11 is 0. The second-order valence-corrected chi connectivity index (χ2v) is 12.7. The molecule has 0 nitrogen and oxygen atoms in total. The summed E-state index contributed by atoms with van der Waals surface area (Å²) in [7, 11) is 0. The summed E-state index contributed by atoms with van der Waals surface area (Å²) in [6, 6.07) is 0. The van der Waals surface area contributed by atoms with Gasteiger partial charge in [-0.05, 0) is 96.7 Å². The Labute approximate surface area is 176 Å². The fourth-order valence-electron chi connectivity index (χ4n) is 8.84. The van der Waals surface area contributed by atoms with Crippen LogP contribution in [0.25, 0.3) is 0 Å². The molecule has 160 valence electrons. The molecule has 8 unspecified atom stereocenters. The SMILES string of the molecule is CC(C)CCC[C@@H](C)C1CCC2C3C=CC4CC(C)CCC4(C)C3CCC21C. The highest BCUT2D eigenvalue weighted by Crippen LogP contribution is 2.67. The van der Waals surface area contributed by atoms with Crippen LogP contribution in [0.2, 0.25) is 0 Å². The Morgan fingerprint density at radius 1 is 0.857 bits per heavy atom. The number of rotatable bonds is 5. The lowest BCUT2D eigenvalue weighted by molar-refractivity contribution is -0.0701. The zero-order valence-corrected chi connectivity index (χ0v) is 19.8. The van der Waals surface area contributed by atoms with Gasteiger partial charge >= 0.3 is 0 Å². The molecule has 0 bridgehead atoms. The molecule has 0 aliphatic heterocycles. The Bertz CT molecular complexity index is 573. The average molecular weight is 385 g/mol. The predicted octanol–water partition coefficient (Wildman–Crippen LogP) is 8.52. The minimum atomic E-state index is 0.605. The Morgan fingerprint density at radius 3 is 2.32 bits per heavy atom. The molecule has 0 saturated heterocycles. The number of hydrogen-bond donors (Lipinski definition) is 0. The number of fused-ring (bicyclic) bond motifs is 5. The Kier molecular flexibility index (Phi) is 5.83. The summed E-state index contributed by atoms with van der Waals surface area (Å²) in [5, 5.41) is 0. The van der Waals surface area contributed by atoms with Gasteiger partial charge in [-0.25, -0.2) is 0 Å². The third kappa shape index (κ3) is 3.43. The minimum absolute atomic E-state index is 0.605.